The second-order valence-electron chi connectivity index (χ2n) is 7.22. The van der Waals surface area contributed by atoms with Crippen LogP contribution in [-0.2, 0) is 10.5 Å². The summed E-state index contributed by atoms with van der Waals surface area (Å²) in [5.41, 5.74) is 3.13. The molecule has 2 rings (SSSR count). The second-order valence-corrected chi connectivity index (χ2v) is 8.20. The molecule has 4 nitrogen and oxygen atoms in total. The second kappa shape index (κ2) is 8.90. The van der Waals surface area contributed by atoms with E-state index in [1.165, 1.54) is 11.1 Å². The molecule has 26 heavy (non-hydrogen) atoms. The number of hydrogen-bond donors (Lipinski definition) is 2. The molecule has 0 saturated carbocycles. The third kappa shape index (κ3) is 6.23. The monoisotopic (exact) mass is 370 g/mol. The van der Waals surface area contributed by atoms with Gasteiger partial charge < -0.3 is 10.6 Å². The Kier molecular flexibility index (Phi) is 6.86. The van der Waals surface area contributed by atoms with Crippen molar-refractivity contribution in [2.75, 3.05) is 11.1 Å². The molecule has 0 spiro atoms. The van der Waals surface area contributed by atoms with Crippen molar-refractivity contribution in [3.8, 4) is 0 Å². The number of hydrogen-bond acceptors (Lipinski definition) is 3. The van der Waals surface area contributed by atoms with Crippen LogP contribution < -0.4 is 10.6 Å². The first kappa shape index (κ1) is 20.0. The van der Waals surface area contributed by atoms with Crippen LogP contribution in [0, 0.1) is 6.92 Å². The fourth-order valence-electron chi connectivity index (χ4n) is 2.41. The standard InChI is InChI=1S/C21H26N2O2S/c1-15-9-5-6-10-16(15)13-26-14-19(24)22-18-12-8-7-11-17(18)20(25)23-21(2,3)4/h5-12H,13-14H2,1-4H3,(H,22,24)(H,23,25). The molecule has 0 unspecified atom stereocenters. The molecular weight excluding hydrogens is 344 g/mol. The van der Waals surface area contributed by atoms with Crippen molar-refractivity contribution in [1.82, 2.24) is 5.32 Å². The van der Waals surface area contributed by atoms with Crippen LogP contribution in [0.25, 0.3) is 0 Å². The van der Waals surface area contributed by atoms with Gasteiger partial charge in [-0.2, -0.15) is 0 Å². The van der Waals surface area contributed by atoms with Crippen LogP contribution in [0.2, 0.25) is 0 Å². The Hall–Kier alpha value is -2.27. The van der Waals surface area contributed by atoms with Gasteiger partial charge in [-0.15, -0.1) is 11.8 Å². The van der Waals surface area contributed by atoms with Gasteiger partial charge in [0.2, 0.25) is 5.91 Å². The van der Waals surface area contributed by atoms with E-state index in [2.05, 4.69) is 29.7 Å². The lowest BCUT2D eigenvalue weighted by Crippen LogP contribution is -2.40. The van der Waals surface area contributed by atoms with Crippen molar-refractivity contribution >= 4 is 29.3 Å². The Labute approximate surface area is 159 Å². The molecule has 0 bridgehead atoms. The highest BCUT2D eigenvalue weighted by molar-refractivity contribution is 7.99. The van der Waals surface area contributed by atoms with E-state index >= 15 is 0 Å². The van der Waals surface area contributed by atoms with Crippen molar-refractivity contribution in [2.24, 2.45) is 0 Å². The van der Waals surface area contributed by atoms with Gasteiger partial charge in [0.25, 0.3) is 5.91 Å². The molecule has 0 fully saturated rings. The van der Waals surface area contributed by atoms with Crippen LogP contribution >= 0.6 is 11.8 Å². The topological polar surface area (TPSA) is 58.2 Å². The quantitative estimate of drug-likeness (QED) is 0.792. The van der Waals surface area contributed by atoms with E-state index in [1.54, 1.807) is 30.0 Å². The van der Waals surface area contributed by atoms with Crippen molar-refractivity contribution in [1.29, 1.82) is 0 Å². The Morgan fingerprint density at radius 1 is 1.00 bits per heavy atom. The number of thioether (sulfide) groups is 1. The molecule has 2 N–H and O–H groups in total. The SMILES string of the molecule is Cc1ccccc1CSCC(=O)Nc1ccccc1C(=O)NC(C)(C)C. The highest BCUT2D eigenvalue weighted by Crippen LogP contribution is 2.19. The molecule has 2 amide bonds. The minimum atomic E-state index is -0.336. The van der Waals surface area contributed by atoms with Gasteiger partial charge in [0, 0.05) is 11.3 Å². The molecule has 2 aromatic carbocycles. The fraction of sp³-hybridized carbons (Fsp3) is 0.333. The smallest absolute Gasteiger partial charge is 0.253 e. The highest BCUT2D eigenvalue weighted by atomic mass is 32.2. The molecular formula is C21H26N2O2S. The van der Waals surface area contributed by atoms with Crippen molar-refractivity contribution in [3.05, 3.63) is 65.2 Å². The summed E-state index contributed by atoms with van der Waals surface area (Å²) in [4.78, 5) is 24.7. The average Bonchev–Trinajstić information content (AvgIpc) is 2.55. The predicted molar refractivity (Wildman–Crippen MR) is 110 cm³/mol. The Bertz CT molecular complexity index is 782. The molecule has 5 heteroatoms. The Morgan fingerprint density at radius 3 is 2.35 bits per heavy atom. The number of nitrogens with one attached hydrogen (secondary N) is 2. The summed E-state index contributed by atoms with van der Waals surface area (Å²) in [7, 11) is 0. The molecule has 0 heterocycles. The van der Waals surface area contributed by atoms with Gasteiger partial charge >= 0.3 is 0 Å². The molecule has 0 saturated heterocycles. The number of benzene rings is 2. The van der Waals surface area contributed by atoms with Crippen LogP contribution in [0.1, 0.15) is 42.3 Å². The summed E-state index contributed by atoms with van der Waals surface area (Å²) < 4.78 is 0. The van der Waals surface area contributed by atoms with E-state index < -0.39 is 0 Å². The van der Waals surface area contributed by atoms with Gasteiger partial charge in [0.05, 0.1) is 17.0 Å². The van der Waals surface area contributed by atoms with Crippen molar-refractivity contribution < 1.29 is 9.59 Å². The van der Waals surface area contributed by atoms with Crippen molar-refractivity contribution in [2.45, 2.75) is 39.0 Å². The van der Waals surface area contributed by atoms with E-state index in [0.29, 0.717) is 17.0 Å². The highest BCUT2D eigenvalue weighted by Gasteiger charge is 2.18. The lowest BCUT2D eigenvalue weighted by molar-refractivity contribution is -0.113. The average molecular weight is 371 g/mol. The summed E-state index contributed by atoms with van der Waals surface area (Å²) in [5, 5.41) is 5.78. The van der Waals surface area contributed by atoms with E-state index in [9.17, 15) is 9.59 Å². The third-order valence-electron chi connectivity index (χ3n) is 3.69. The number of rotatable bonds is 6. The van der Waals surface area contributed by atoms with Crippen molar-refractivity contribution in [3.63, 3.8) is 0 Å². The Balaban J connectivity index is 1.95. The third-order valence-corrected chi connectivity index (χ3v) is 4.67. The number of anilines is 1. The van der Waals surface area contributed by atoms with Gasteiger partial charge in [-0.25, -0.2) is 0 Å². The summed E-state index contributed by atoms with van der Waals surface area (Å²) in [5.74, 6) is 0.816. The molecule has 2 aromatic rings. The van der Waals surface area contributed by atoms with E-state index in [1.807, 2.05) is 39.0 Å². The lowest BCUT2D eigenvalue weighted by Gasteiger charge is -2.21. The normalized spacial score (nSPS) is 11.1. The molecule has 0 radical (unpaired) electrons. The predicted octanol–water partition coefficient (Wildman–Crippen LogP) is 4.40. The van der Waals surface area contributed by atoms with Crippen LogP contribution in [-0.4, -0.2) is 23.1 Å². The maximum atomic E-state index is 12.4. The van der Waals surface area contributed by atoms with E-state index in [4.69, 9.17) is 0 Å². The summed E-state index contributed by atoms with van der Waals surface area (Å²) in [6.07, 6.45) is 0. The molecule has 0 aliphatic heterocycles. The molecule has 0 aliphatic carbocycles. The van der Waals surface area contributed by atoms with Crippen LogP contribution in [0.3, 0.4) is 0 Å². The molecule has 0 aliphatic rings. The summed E-state index contributed by atoms with van der Waals surface area (Å²) >= 11 is 1.56. The molecule has 138 valence electrons. The van der Waals surface area contributed by atoms with E-state index in [0.717, 1.165) is 5.75 Å². The van der Waals surface area contributed by atoms with Gasteiger partial charge in [0.15, 0.2) is 0 Å². The van der Waals surface area contributed by atoms with Gasteiger partial charge in [0.1, 0.15) is 0 Å². The zero-order valence-electron chi connectivity index (χ0n) is 15.8. The minimum absolute atomic E-state index is 0.111. The number of carbonyl (C=O) groups is 2. The lowest BCUT2D eigenvalue weighted by atomic mass is 10.1. The van der Waals surface area contributed by atoms with Gasteiger partial charge in [-0.3, -0.25) is 9.59 Å². The first-order valence-corrected chi connectivity index (χ1v) is 9.75. The van der Waals surface area contributed by atoms with E-state index in [-0.39, 0.29) is 17.4 Å². The van der Waals surface area contributed by atoms with Crippen LogP contribution in [0.5, 0.6) is 0 Å². The fourth-order valence-corrected chi connectivity index (χ4v) is 3.31. The largest absolute Gasteiger partial charge is 0.347 e. The molecule has 0 atom stereocenters. The minimum Gasteiger partial charge on any atom is -0.347 e. The zero-order chi connectivity index (χ0) is 19.2. The number of aryl methyl sites for hydroxylation is 1. The maximum Gasteiger partial charge on any atom is 0.253 e. The summed E-state index contributed by atoms with van der Waals surface area (Å²) in [6.45, 7) is 7.84. The number of carbonyl (C=O) groups excluding carboxylic acids is 2. The van der Waals surface area contributed by atoms with Gasteiger partial charge in [-0.05, 0) is 51.0 Å². The van der Waals surface area contributed by atoms with Crippen LogP contribution in [0.15, 0.2) is 48.5 Å². The van der Waals surface area contributed by atoms with Crippen LogP contribution in [0.4, 0.5) is 5.69 Å². The zero-order valence-corrected chi connectivity index (χ0v) is 16.6. The summed E-state index contributed by atoms with van der Waals surface area (Å²) in [6, 6.07) is 15.2. The number of para-hydroxylation sites is 1. The van der Waals surface area contributed by atoms with Gasteiger partial charge in [-0.1, -0.05) is 36.4 Å². The molecule has 0 aromatic heterocycles. The maximum absolute atomic E-state index is 12.4. The number of amides is 2. The Morgan fingerprint density at radius 2 is 1.65 bits per heavy atom. The first-order valence-electron chi connectivity index (χ1n) is 8.60. The first-order chi connectivity index (χ1) is 12.3.